The van der Waals surface area contributed by atoms with Gasteiger partial charge in [0.15, 0.2) is 0 Å². The van der Waals surface area contributed by atoms with Crippen molar-refractivity contribution in [3.8, 4) is 5.75 Å². The highest BCUT2D eigenvalue weighted by Gasteiger charge is 2.32. The van der Waals surface area contributed by atoms with Gasteiger partial charge in [0.1, 0.15) is 5.75 Å². The van der Waals surface area contributed by atoms with E-state index < -0.39 is 12.0 Å². The summed E-state index contributed by atoms with van der Waals surface area (Å²) >= 11 is 0. The Hall–Kier alpha value is -3.28. The van der Waals surface area contributed by atoms with Gasteiger partial charge in [0.25, 0.3) is 0 Å². The maximum Gasteiger partial charge on any atom is 0.338 e. The maximum absolute atomic E-state index is 12.7. The molecule has 0 saturated carbocycles. The van der Waals surface area contributed by atoms with Gasteiger partial charge in [0.2, 0.25) is 0 Å². The number of hydrogen-bond acceptors (Lipinski definition) is 4. The number of carbonyl (C=O) groups is 2. The Morgan fingerprint density at radius 3 is 2.44 bits per heavy atom. The number of allylic oxidation sites excluding steroid dienone is 1. The second-order valence-electron chi connectivity index (χ2n) is 6.21. The third kappa shape index (κ3) is 4.47. The van der Waals surface area contributed by atoms with Crippen LogP contribution in [-0.4, -0.2) is 25.7 Å². The van der Waals surface area contributed by atoms with Crippen LogP contribution in [0.15, 0.2) is 65.9 Å². The highest BCUT2D eigenvalue weighted by molar-refractivity contribution is 5.95. The normalized spacial score (nSPS) is 16.4. The number of esters is 1. The summed E-state index contributed by atoms with van der Waals surface area (Å²) in [4.78, 5) is 24.6. The molecule has 0 saturated heterocycles. The molecule has 0 fully saturated rings. The van der Waals surface area contributed by atoms with Crippen molar-refractivity contribution >= 4 is 12.0 Å². The third-order valence-electron chi connectivity index (χ3n) is 4.40. The zero-order chi connectivity index (χ0) is 19.2. The number of urea groups is 1. The fourth-order valence-electron chi connectivity index (χ4n) is 2.99. The molecule has 0 aliphatic carbocycles. The third-order valence-corrected chi connectivity index (χ3v) is 4.40. The topological polar surface area (TPSA) is 76.7 Å². The van der Waals surface area contributed by atoms with Gasteiger partial charge in [-0.05, 0) is 30.2 Å². The standard InChI is InChI=1S/C21H22N2O4/c1-14-18(20(24)27-13-12-15-6-4-3-5-7-15)19(23-21(25)22-14)16-8-10-17(26-2)11-9-16/h3-11,19H,12-13H2,1-2H3,(H2,22,23,25)/t19-/m1/s1. The molecule has 3 rings (SSSR count). The Morgan fingerprint density at radius 1 is 1.07 bits per heavy atom. The van der Waals surface area contributed by atoms with Gasteiger partial charge < -0.3 is 20.1 Å². The van der Waals surface area contributed by atoms with Crippen LogP contribution in [0, 0.1) is 0 Å². The van der Waals surface area contributed by atoms with E-state index in [0.717, 1.165) is 11.1 Å². The van der Waals surface area contributed by atoms with E-state index in [1.807, 2.05) is 42.5 Å². The number of carbonyl (C=O) groups excluding carboxylic acids is 2. The fourth-order valence-corrected chi connectivity index (χ4v) is 2.99. The number of nitrogens with one attached hydrogen (secondary N) is 2. The summed E-state index contributed by atoms with van der Waals surface area (Å²) in [6.07, 6.45) is 0.631. The van der Waals surface area contributed by atoms with Crippen LogP contribution >= 0.6 is 0 Å². The first-order valence-electron chi connectivity index (χ1n) is 8.72. The Kier molecular flexibility index (Phi) is 5.76. The van der Waals surface area contributed by atoms with E-state index in [4.69, 9.17) is 9.47 Å². The van der Waals surface area contributed by atoms with E-state index in [9.17, 15) is 9.59 Å². The zero-order valence-corrected chi connectivity index (χ0v) is 15.3. The van der Waals surface area contributed by atoms with Crippen molar-refractivity contribution in [1.82, 2.24) is 10.6 Å². The molecule has 2 amide bonds. The summed E-state index contributed by atoms with van der Waals surface area (Å²) in [5, 5.41) is 5.43. The number of ether oxygens (including phenoxy) is 2. The first-order chi connectivity index (χ1) is 13.1. The molecule has 1 atom stereocenters. The van der Waals surface area contributed by atoms with Crippen molar-refractivity contribution in [2.75, 3.05) is 13.7 Å². The summed E-state index contributed by atoms with van der Waals surface area (Å²) in [5.41, 5.74) is 2.76. The van der Waals surface area contributed by atoms with Crippen molar-refractivity contribution in [3.05, 3.63) is 77.0 Å². The molecule has 140 valence electrons. The summed E-state index contributed by atoms with van der Waals surface area (Å²) in [5.74, 6) is 0.253. The number of rotatable bonds is 6. The first-order valence-corrected chi connectivity index (χ1v) is 8.72. The smallest absolute Gasteiger partial charge is 0.338 e. The highest BCUT2D eigenvalue weighted by atomic mass is 16.5. The van der Waals surface area contributed by atoms with Crippen LogP contribution in [-0.2, 0) is 16.0 Å². The molecule has 0 unspecified atom stereocenters. The average molecular weight is 366 g/mol. The lowest BCUT2D eigenvalue weighted by Gasteiger charge is -2.28. The fraction of sp³-hybridized carbons (Fsp3) is 0.238. The van der Waals surface area contributed by atoms with Gasteiger partial charge in [-0.1, -0.05) is 42.5 Å². The lowest BCUT2D eigenvalue weighted by Crippen LogP contribution is -2.45. The first kappa shape index (κ1) is 18.5. The molecule has 0 aromatic heterocycles. The molecule has 0 spiro atoms. The number of benzene rings is 2. The summed E-state index contributed by atoms with van der Waals surface area (Å²) in [7, 11) is 1.58. The summed E-state index contributed by atoms with van der Waals surface area (Å²) in [6.45, 7) is 1.96. The van der Waals surface area contributed by atoms with Gasteiger partial charge in [0.05, 0.1) is 25.3 Å². The van der Waals surface area contributed by atoms with Crippen molar-refractivity contribution < 1.29 is 19.1 Å². The van der Waals surface area contributed by atoms with Gasteiger partial charge in [-0.15, -0.1) is 0 Å². The highest BCUT2D eigenvalue weighted by Crippen LogP contribution is 2.28. The number of amides is 2. The Morgan fingerprint density at radius 2 is 1.78 bits per heavy atom. The molecule has 0 radical (unpaired) electrons. The quantitative estimate of drug-likeness (QED) is 0.770. The van der Waals surface area contributed by atoms with Crippen LogP contribution in [0.2, 0.25) is 0 Å². The predicted molar refractivity (Wildman–Crippen MR) is 101 cm³/mol. The Labute approximate surface area is 158 Å². The van der Waals surface area contributed by atoms with Crippen molar-refractivity contribution in [3.63, 3.8) is 0 Å². The van der Waals surface area contributed by atoms with Gasteiger partial charge in [0, 0.05) is 12.1 Å². The molecular formula is C21H22N2O4. The van der Waals surface area contributed by atoms with E-state index in [1.54, 1.807) is 26.2 Å². The molecule has 2 N–H and O–H groups in total. The number of methoxy groups -OCH3 is 1. The van der Waals surface area contributed by atoms with Crippen LogP contribution in [0.4, 0.5) is 4.79 Å². The molecular weight excluding hydrogens is 344 g/mol. The van der Waals surface area contributed by atoms with E-state index in [-0.39, 0.29) is 12.6 Å². The van der Waals surface area contributed by atoms with Crippen LogP contribution in [0.1, 0.15) is 24.1 Å². The van der Waals surface area contributed by atoms with E-state index >= 15 is 0 Å². The molecule has 1 aliphatic rings. The van der Waals surface area contributed by atoms with Gasteiger partial charge >= 0.3 is 12.0 Å². The minimum Gasteiger partial charge on any atom is -0.497 e. The molecule has 2 aromatic carbocycles. The SMILES string of the molecule is COc1ccc([C@H]2NC(=O)NC(C)=C2C(=O)OCCc2ccccc2)cc1. The monoisotopic (exact) mass is 366 g/mol. The largest absolute Gasteiger partial charge is 0.497 e. The van der Waals surface area contributed by atoms with Gasteiger partial charge in [-0.2, -0.15) is 0 Å². The minimum atomic E-state index is -0.575. The van der Waals surface area contributed by atoms with Crippen LogP contribution in [0.25, 0.3) is 0 Å². The van der Waals surface area contributed by atoms with Crippen molar-refractivity contribution in [2.45, 2.75) is 19.4 Å². The predicted octanol–water partition coefficient (Wildman–Crippen LogP) is 3.11. The number of hydrogen-bond donors (Lipinski definition) is 2. The van der Waals surface area contributed by atoms with E-state index in [2.05, 4.69) is 10.6 Å². The maximum atomic E-state index is 12.7. The second-order valence-corrected chi connectivity index (χ2v) is 6.21. The Balaban J connectivity index is 1.75. The average Bonchev–Trinajstić information content (AvgIpc) is 2.68. The summed E-state index contributed by atoms with van der Waals surface area (Å²) in [6, 6.07) is 16.1. The zero-order valence-electron chi connectivity index (χ0n) is 15.3. The molecule has 1 aliphatic heterocycles. The minimum absolute atomic E-state index is 0.267. The van der Waals surface area contributed by atoms with Gasteiger partial charge in [-0.3, -0.25) is 0 Å². The van der Waals surface area contributed by atoms with E-state index in [1.165, 1.54) is 0 Å². The second kappa shape index (κ2) is 8.40. The molecule has 6 nitrogen and oxygen atoms in total. The van der Waals surface area contributed by atoms with Crippen LogP contribution < -0.4 is 15.4 Å². The van der Waals surface area contributed by atoms with Crippen molar-refractivity contribution in [2.24, 2.45) is 0 Å². The molecule has 1 heterocycles. The van der Waals surface area contributed by atoms with E-state index in [0.29, 0.717) is 23.4 Å². The van der Waals surface area contributed by atoms with Gasteiger partial charge in [-0.25, -0.2) is 9.59 Å². The lowest BCUT2D eigenvalue weighted by molar-refractivity contribution is -0.139. The Bertz CT molecular complexity index is 844. The molecule has 27 heavy (non-hydrogen) atoms. The summed E-state index contributed by atoms with van der Waals surface area (Å²) < 4.78 is 10.6. The molecule has 2 aromatic rings. The van der Waals surface area contributed by atoms with Crippen LogP contribution in [0.5, 0.6) is 5.75 Å². The molecule has 0 bridgehead atoms. The molecule has 6 heteroatoms. The lowest BCUT2D eigenvalue weighted by atomic mass is 9.95. The van der Waals surface area contributed by atoms with Crippen LogP contribution in [0.3, 0.4) is 0 Å². The van der Waals surface area contributed by atoms with Crippen molar-refractivity contribution in [1.29, 1.82) is 0 Å².